The lowest BCUT2D eigenvalue weighted by Crippen LogP contribution is -2.12. The van der Waals surface area contributed by atoms with E-state index in [9.17, 15) is 14.4 Å². The molecule has 0 saturated carbocycles. The van der Waals surface area contributed by atoms with Crippen molar-refractivity contribution in [3.63, 3.8) is 0 Å². The molecule has 0 amide bonds. The minimum Gasteiger partial charge on any atom is -0.292 e. The molecule has 2 aromatic rings. The summed E-state index contributed by atoms with van der Waals surface area (Å²) in [6, 6.07) is 11.7. The van der Waals surface area contributed by atoms with Gasteiger partial charge in [-0.1, -0.05) is 35.3 Å². The molecule has 0 fully saturated rings. The van der Waals surface area contributed by atoms with E-state index in [2.05, 4.69) is 0 Å². The second-order valence-electron chi connectivity index (χ2n) is 4.11. The standard InChI is InChI=1S/C15H8Cl2FNO/c16-10-4-5-12(14(17)7-10)15(20)13(8-19)9-2-1-3-11(18)6-9/h1-7,13H. The summed E-state index contributed by atoms with van der Waals surface area (Å²) in [5, 5.41) is 9.75. The van der Waals surface area contributed by atoms with Crippen molar-refractivity contribution in [1.82, 2.24) is 0 Å². The first-order valence-corrected chi connectivity index (χ1v) is 6.43. The molecule has 1 atom stereocenters. The number of nitrogens with zero attached hydrogens (tertiary/aromatic N) is 1. The quantitative estimate of drug-likeness (QED) is 0.776. The van der Waals surface area contributed by atoms with Crippen molar-refractivity contribution < 1.29 is 9.18 Å². The lowest BCUT2D eigenvalue weighted by atomic mass is 9.92. The summed E-state index contributed by atoms with van der Waals surface area (Å²) < 4.78 is 13.2. The molecule has 20 heavy (non-hydrogen) atoms. The molecule has 0 aliphatic heterocycles. The van der Waals surface area contributed by atoms with Gasteiger partial charge >= 0.3 is 0 Å². The van der Waals surface area contributed by atoms with Crippen molar-refractivity contribution in [2.45, 2.75) is 5.92 Å². The zero-order chi connectivity index (χ0) is 14.7. The van der Waals surface area contributed by atoms with Gasteiger partial charge < -0.3 is 0 Å². The molecular formula is C15H8Cl2FNO. The van der Waals surface area contributed by atoms with Gasteiger partial charge in [-0.3, -0.25) is 4.79 Å². The van der Waals surface area contributed by atoms with Crippen LogP contribution in [-0.2, 0) is 0 Å². The fourth-order valence-electron chi connectivity index (χ4n) is 1.82. The third kappa shape index (κ3) is 2.98. The van der Waals surface area contributed by atoms with E-state index in [1.165, 1.54) is 36.4 Å². The average Bonchev–Trinajstić information content (AvgIpc) is 2.39. The largest absolute Gasteiger partial charge is 0.292 e. The molecule has 2 rings (SSSR count). The Morgan fingerprint density at radius 2 is 1.95 bits per heavy atom. The van der Waals surface area contributed by atoms with E-state index < -0.39 is 17.5 Å². The zero-order valence-electron chi connectivity index (χ0n) is 10.1. The summed E-state index contributed by atoms with van der Waals surface area (Å²) in [6.07, 6.45) is 0. The number of halogens is 3. The van der Waals surface area contributed by atoms with E-state index >= 15 is 0 Å². The number of Topliss-reactive ketones (excluding diaryl/α,β-unsaturated/α-hetero) is 1. The Balaban J connectivity index is 2.42. The fourth-order valence-corrected chi connectivity index (χ4v) is 2.32. The smallest absolute Gasteiger partial charge is 0.185 e. The number of ketones is 1. The van der Waals surface area contributed by atoms with Gasteiger partial charge in [0.15, 0.2) is 5.78 Å². The maximum Gasteiger partial charge on any atom is 0.185 e. The van der Waals surface area contributed by atoms with E-state index in [1.54, 1.807) is 0 Å². The van der Waals surface area contributed by atoms with Crippen molar-refractivity contribution in [1.29, 1.82) is 5.26 Å². The Labute approximate surface area is 125 Å². The first kappa shape index (κ1) is 14.5. The van der Waals surface area contributed by atoms with Gasteiger partial charge in [0.25, 0.3) is 0 Å². The van der Waals surface area contributed by atoms with Gasteiger partial charge in [-0.15, -0.1) is 0 Å². The van der Waals surface area contributed by atoms with Crippen LogP contribution in [0.2, 0.25) is 10.0 Å². The predicted octanol–water partition coefficient (Wildman–Crippen LogP) is 4.62. The van der Waals surface area contributed by atoms with Gasteiger partial charge in [0.2, 0.25) is 0 Å². The van der Waals surface area contributed by atoms with Crippen LogP contribution >= 0.6 is 23.2 Å². The Bertz CT molecular complexity index is 709. The molecule has 100 valence electrons. The minimum atomic E-state index is -1.11. The molecule has 0 aliphatic rings. The van der Waals surface area contributed by atoms with E-state index in [-0.39, 0.29) is 10.6 Å². The maximum absolute atomic E-state index is 13.2. The number of rotatable bonds is 3. The highest BCUT2D eigenvalue weighted by Crippen LogP contribution is 2.27. The van der Waals surface area contributed by atoms with Crippen LogP contribution in [0, 0.1) is 17.1 Å². The van der Waals surface area contributed by atoms with Crippen molar-refractivity contribution in [3.05, 3.63) is 69.5 Å². The van der Waals surface area contributed by atoms with Crippen LogP contribution in [0.3, 0.4) is 0 Å². The van der Waals surface area contributed by atoms with E-state index in [0.29, 0.717) is 10.6 Å². The highest BCUT2D eigenvalue weighted by atomic mass is 35.5. The first-order chi connectivity index (χ1) is 9.52. The van der Waals surface area contributed by atoms with Crippen molar-refractivity contribution in [2.75, 3.05) is 0 Å². The molecule has 0 spiro atoms. The van der Waals surface area contributed by atoms with Crippen LogP contribution in [0.15, 0.2) is 42.5 Å². The Kier molecular flexibility index (Phi) is 4.39. The van der Waals surface area contributed by atoms with Crippen molar-refractivity contribution in [2.24, 2.45) is 0 Å². The van der Waals surface area contributed by atoms with Crippen LogP contribution in [0.1, 0.15) is 21.8 Å². The Hall–Kier alpha value is -1.89. The third-order valence-electron chi connectivity index (χ3n) is 2.77. The second-order valence-corrected chi connectivity index (χ2v) is 4.95. The average molecular weight is 308 g/mol. The van der Waals surface area contributed by atoms with Gasteiger partial charge in [-0.2, -0.15) is 5.26 Å². The number of hydrogen-bond acceptors (Lipinski definition) is 2. The molecule has 2 aromatic carbocycles. The maximum atomic E-state index is 13.2. The molecule has 0 heterocycles. The van der Waals surface area contributed by atoms with E-state index in [1.807, 2.05) is 6.07 Å². The summed E-state index contributed by atoms with van der Waals surface area (Å²) in [5.41, 5.74) is 0.482. The zero-order valence-corrected chi connectivity index (χ0v) is 11.6. The highest BCUT2D eigenvalue weighted by Gasteiger charge is 2.24. The molecule has 1 unspecified atom stereocenters. The molecule has 0 aliphatic carbocycles. The van der Waals surface area contributed by atoms with Crippen LogP contribution in [-0.4, -0.2) is 5.78 Å². The summed E-state index contributed by atoms with van der Waals surface area (Å²) in [7, 11) is 0. The number of carbonyl (C=O) groups is 1. The summed E-state index contributed by atoms with van der Waals surface area (Å²) in [6.45, 7) is 0. The van der Waals surface area contributed by atoms with E-state index in [4.69, 9.17) is 23.2 Å². The number of hydrogen-bond donors (Lipinski definition) is 0. The van der Waals surface area contributed by atoms with Gasteiger partial charge in [-0.25, -0.2) is 4.39 Å². The molecule has 0 aromatic heterocycles. The molecule has 0 saturated heterocycles. The van der Waals surface area contributed by atoms with Crippen LogP contribution < -0.4 is 0 Å². The van der Waals surface area contributed by atoms with Gasteiger partial charge in [-0.05, 0) is 35.9 Å². The lowest BCUT2D eigenvalue weighted by molar-refractivity contribution is 0.0979. The summed E-state index contributed by atoms with van der Waals surface area (Å²) in [5.74, 6) is -2.10. The normalized spacial score (nSPS) is 11.7. The molecule has 0 radical (unpaired) electrons. The highest BCUT2D eigenvalue weighted by molar-refractivity contribution is 6.37. The predicted molar refractivity (Wildman–Crippen MR) is 75.5 cm³/mol. The SMILES string of the molecule is N#CC(C(=O)c1ccc(Cl)cc1Cl)c1cccc(F)c1. The van der Waals surface area contributed by atoms with Crippen molar-refractivity contribution >= 4 is 29.0 Å². The third-order valence-corrected chi connectivity index (χ3v) is 3.32. The van der Waals surface area contributed by atoms with Crippen LogP contribution in [0.5, 0.6) is 0 Å². The van der Waals surface area contributed by atoms with E-state index in [0.717, 1.165) is 6.07 Å². The van der Waals surface area contributed by atoms with Crippen LogP contribution in [0.4, 0.5) is 4.39 Å². The number of carbonyl (C=O) groups excluding carboxylic acids is 1. The van der Waals surface area contributed by atoms with Gasteiger partial charge in [0.05, 0.1) is 11.1 Å². The number of nitriles is 1. The minimum absolute atomic E-state index is 0.166. The van der Waals surface area contributed by atoms with Gasteiger partial charge in [0.1, 0.15) is 11.7 Å². The molecule has 5 heteroatoms. The number of benzene rings is 2. The molecule has 2 nitrogen and oxygen atoms in total. The summed E-state index contributed by atoms with van der Waals surface area (Å²) >= 11 is 11.7. The van der Waals surface area contributed by atoms with Crippen molar-refractivity contribution in [3.8, 4) is 6.07 Å². The van der Waals surface area contributed by atoms with Crippen LogP contribution in [0.25, 0.3) is 0 Å². The Morgan fingerprint density at radius 1 is 1.20 bits per heavy atom. The lowest BCUT2D eigenvalue weighted by Gasteiger charge is -2.10. The fraction of sp³-hybridized carbons (Fsp3) is 0.0667. The second kappa shape index (κ2) is 6.04. The topological polar surface area (TPSA) is 40.9 Å². The molecular weight excluding hydrogens is 300 g/mol. The molecule has 0 N–H and O–H groups in total. The molecule has 0 bridgehead atoms. The first-order valence-electron chi connectivity index (χ1n) is 5.67. The monoisotopic (exact) mass is 307 g/mol. The van der Waals surface area contributed by atoms with Gasteiger partial charge in [0, 0.05) is 10.6 Å². The summed E-state index contributed by atoms with van der Waals surface area (Å²) in [4.78, 5) is 12.3. The Morgan fingerprint density at radius 3 is 2.55 bits per heavy atom.